The number of hydrogen-bond acceptors (Lipinski definition) is 19. The van der Waals surface area contributed by atoms with Crippen LogP contribution in [0.4, 0.5) is 0 Å². The molecule has 0 heterocycles. The van der Waals surface area contributed by atoms with Gasteiger partial charge in [-0.15, -0.1) is 0 Å². The van der Waals surface area contributed by atoms with Crippen LogP contribution in [0.15, 0.2) is 0 Å². The van der Waals surface area contributed by atoms with Crippen LogP contribution in [0.25, 0.3) is 0 Å². The van der Waals surface area contributed by atoms with E-state index in [-0.39, 0.29) is 6.54 Å². The highest BCUT2D eigenvalue weighted by Crippen LogP contribution is 1.86. The van der Waals surface area contributed by atoms with Crippen LogP contribution in [-0.4, -0.2) is 226 Å². The molecule has 0 aromatic carbocycles. The first-order valence-electron chi connectivity index (χ1n) is 19.2. The van der Waals surface area contributed by atoms with Crippen LogP contribution < -0.4 is 80.2 Å². The minimum atomic E-state index is -1.61. The number of rotatable bonds is 32. The van der Waals surface area contributed by atoms with Crippen molar-refractivity contribution >= 4 is 88.7 Å². The topological polar surface area (TPSA) is 531 Å². The predicted octanol–water partition coefficient (Wildman–Crippen LogP) is -15.3. The van der Waals surface area contributed by atoms with E-state index >= 15 is 0 Å². The first-order valence-corrected chi connectivity index (χ1v) is 19.2. The average Bonchev–Trinajstić information content (AvgIpc) is 3.30. The second-order valence-corrected chi connectivity index (χ2v) is 12.9. The van der Waals surface area contributed by atoms with Gasteiger partial charge < -0.3 is 101 Å². The van der Waals surface area contributed by atoms with E-state index in [0.717, 1.165) is 0 Å². The van der Waals surface area contributed by atoms with Crippen LogP contribution in [0.5, 0.6) is 0 Å². The summed E-state index contributed by atoms with van der Waals surface area (Å²) in [4.78, 5) is 178. The second kappa shape index (κ2) is 33.4. The van der Waals surface area contributed by atoms with Crippen molar-refractivity contribution < 1.29 is 92.3 Å². The molecule has 374 valence electrons. The van der Waals surface area contributed by atoms with Gasteiger partial charge in [-0.2, -0.15) is 0 Å². The fraction of sp³-hybridized carbons (Fsp3) is 0.545. The molecule has 0 unspecified atom stereocenters. The van der Waals surface area contributed by atoms with Crippen LogP contribution in [0.3, 0.4) is 0 Å². The van der Waals surface area contributed by atoms with Crippen LogP contribution in [0.1, 0.15) is 0 Å². The second-order valence-electron chi connectivity index (χ2n) is 12.9. The Kier molecular flexibility index (Phi) is 29.4. The maximum Gasteiger partial charge on any atom is 0.328 e. The summed E-state index contributed by atoms with van der Waals surface area (Å²) in [5.74, 6) is -14.0. The maximum absolute atomic E-state index is 12.3. The first kappa shape index (κ1) is 58.9. The molecule has 0 fully saturated rings. The van der Waals surface area contributed by atoms with Crippen molar-refractivity contribution in [2.45, 2.75) is 18.1 Å². The molecule has 3 atom stereocenters. The fourth-order valence-electron chi connectivity index (χ4n) is 4.07. The summed E-state index contributed by atoms with van der Waals surface area (Å²) in [5.41, 5.74) is 5.07. The lowest BCUT2D eigenvalue weighted by atomic mass is 10.3. The molecular weight excluding hydrogens is 910 g/mol. The molecule has 0 radical (unpaired) electrons. The van der Waals surface area contributed by atoms with Gasteiger partial charge in [0.15, 0.2) is 0 Å². The molecule has 0 aliphatic heterocycles. The van der Waals surface area contributed by atoms with Gasteiger partial charge in [0.05, 0.1) is 98.4 Å². The quantitative estimate of drug-likeness (QED) is 0.0298. The largest absolute Gasteiger partial charge is 0.480 e. The molecule has 34 nitrogen and oxygen atoms in total. The minimum absolute atomic E-state index is 0.350. The Morgan fingerprint density at radius 2 is 0.493 bits per heavy atom. The third kappa shape index (κ3) is 29.1. The Balaban J connectivity index is 4.37. The molecule has 20 N–H and O–H groups in total. The molecular formula is C33H53N15O19. The van der Waals surface area contributed by atoms with Crippen LogP contribution >= 0.6 is 0 Å². The number of carbonyl (C=O) groups excluding carboxylic acids is 14. The van der Waals surface area contributed by atoms with E-state index in [1.54, 1.807) is 0 Å². The zero-order chi connectivity index (χ0) is 50.9. The molecule has 0 aromatic rings. The zero-order valence-corrected chi connectivity index (χ0v) is 35.3. The van der Waals surface area contributed by atoms with Crippen molar-refractivity contribution in [1.82, 2.24) is 74.4 Å². The van der Waals surface area contributed by atoms with Gasteiger partial charge in [0.1, 0.15) is 18.1 Å². The monoisotopic (exact) mass is 963 g/mol. The summed E-state index contributed by atoms with van der Waals surface area (Å²) >= 11 is 0. The summed E-state index contributed by atoms with van der Waals surface area (Å²) in [6, 6.07) is -4.77. The Bertz CT molecular complexity index is 1830. The first-order chi connectivity index (χ1) is 31.6. The highest BCUT2D eigenvalue weighted by atomic mass is 16.4. The zero-order valence-electron chi connectivity index (χ0n) is 35.3. The lowest BCUT2D eigenvalue weighted by Crippen LogP contribution is -2.53. The number of amides is 14. The maximum atomic E-state index is 12.3. The third-order valence-electron chi connectivity index (χ3n) is 7.53. The Labute approximate surface area is 377 Å². The number of carboxylic acid groups (broad SMARTS) is 1. The molecule has 14 amide bonds. The summed E-state index contributed by atoms with van der Waals surface area (Å²) < 4.78 is 0. The van der Waals surface area contributed by atoms with Gasteiger partial charge in [-0.1, -0.05) is 0 Å². The Hall–Kier alpha value is -8.11. The van der Waals surface area contributed by atoms with Gasteiger partial charge in [-0.05, 0) is 0 Å². The molecule has 0 aliphatic rings. The SMILES string of the molecule is NCC(=O)NCC(=O)NCC(=O)NCC(=O)N[C@@H](CO)C(=O)NCC(=O)NCC(=O)NCC(=O)NCC(=O)N[C@@H](CO)C(=O)NCC(=O)NCC(=O)NCC(=O)NCC(=O)N[C@@H](CO)C(=O)O. The Morgan fingerprint density at radius 1 is 0.299 bits per heavy atom. The Morgan fingerprint density at radius 3 is 0.701 bits per heavy atom. The third-order valence-corrected chi connectivity index (χ3v) is 7.53. The number of nitrogens with one attached hydrogen (secondary N) is 14. The van der Waals surface area contributed by atoms with Crippen molar-refractivity contribution in [1.29, 1.82) is 0 Å². The highest BCUT2D eigenvalue weighted by molar-refractivity contribution is 5.96. The van der Waals surface area contributed by atoms with E-state index < -0.39 is 199 Å². The standard InChI is InChI=1S/C33H53N15O19/c34-1-19(52)35-2-20(53)36-5-23(56)41-10-28(61)46-16(13-49)31(64)44-8-26(59)39-3-21(54)37-6-24(57)42-11-29(62)47-17(14-50)32(65)45-9-27(60)40-4-22(55)38-7-25(58)43-12-30(63)48-18(15-51)33(66)67/h16-18,49-51H,1-15,34H2,(H,35,52)(H,36,53)(H,37,54)(H,38,55)(H,39,59)(H,40,60)(H,41,56)(H,42,57)(H,43,58)(H,44,64)(H,45,65)(H,46,61)(H,47,62)(H,48,63)(H,66,67)/t16-,17-,18-/m0/s1. The molecule has 0 rings (SSSR count). The van der Waals surface area contributed by atoms with E-state index in [2.05, 4.69) is 69.1 Å². The van der Waals surface area contributed by atoms with Crippen molar-refractivity contribution in [3.05, 3.63) is 0 Å². The average molecular weight is 964 g/mol. The number of hydrogen-bond donors (Lipinski definition) is 19. The summed E-state index contributed by atoms with van der Waals surface area (Å²) in [5, 5.41) is 65.9. The molecule has 0 aromatic heterocycles. The van der Waals surface area contributed by atoms with Crippen molar-refractivity contribution in [2.75, 3.05) is 98.4 Å². The lowest BCUT2D eigenvalue weighted by molar-refractivity contribution is -0.143. The van der Waals surface area contributed by atoms with E-state index in [9.17, 15) is 82.1 Å². The summed E-state index contributed by atoms with van der Waals surface area (Å²) in [6.45, 7) is -10.4. The number of aliphatic carboxylic acids is 1. The van der Waals surface area contributed by atoms with E-state index in [0.29, 0.717) is 0 Å². The van der Waals surface area contributed by atoms with Gasteiger partial charge in [0.2, 0.25) is 82.7 Å². The molecule has 0 saturated carbocycles. The molecule has 34 heteroatoms. The number of carbonyl (C=O) groups is 15. The van der Waals surface area contributed by atoms with Crippen molar-refractivity contribution in [3.8, 4) is 0 Å². The lowest BCUT2D eigenvalue weighted by Gasteiger charge is -2.16. The number of aliphatic hydroxyl groups excluding tert-OH is 3. The van der Waals surface area contributed by atoms with Gasteiger partial charge >= 0.3 is 5.97 Å². The van der Waals surface area contributed by atoms with Crippen LogP contribution in [0.2, 0.25) is 0 Å². The minimum Gasteiger partial charge on any atom is -0.480 e. The molecule has 0 aliphatic carbocycles. The summed E-state index contributed by atoms with van der Waals surface area (Å²) in [7, 11) is 0. The van der Waals surface area contributed by atoms with Gasteiger partial charge in [0, 0.05) is 0 Å². The fourth-order valence-corrected chi connectivity index (χ4v) is 4.07. The molecule has 67 heavy (non-hydrogen) atoms. The smallest absolute Gasteiger partial charge is 0.328 e. The van der Waals surface area contributed by atoms with E-state index in [1.807, 2.05) is 5.32 Å². The van der Waals surface area contributed by atoms with E-state index in [1.165, 1.54) is 0 Å². The van der Waals surface area contributed by atoms with Crippen LogP contribution in [0, 0.1) is 0 Å². The number of carboxylic acids is 1. The normalized spacial score (nSPS) is 11.5. The highest BCUT2D eigenvalue weighted by Gasteiger charge is 2.23. The van der Waals surface area contributed by atoms with Crippen LogP contribution in [-0.2, 0) is 71.9 Å². The number of nitrogens with two attached hydrogens (primary N) is 1. The summed E-state index contributed by atoms with van der Waals surface area (Å²) in [6.07, 6.45) is 0. The van der Waals surface area contributed by atoms with Crippen molar-refractivity contribution in [2.24, 2.45) is 5.73 Å². The van der Waals surface area contributed by atoms with Gasteiger partial charge in [-0.25, -0.2) is 4.79 Å². The molecule has 0 spiro atoms. The molecule has 0 bridgehead atoms. The van der Waals surface area contributed by atoms with Gasteiger partial charge in [0.25, 0.3) is 0 Å². The van der Waals surface area contributed by atoms with Crippen molar-refractivity contribution in [3.63, 3.8) is 0 Å². The van der Waals surface area contributed by atoms with Gasteiger partial charge in [-0.3, -0.25) is 67.1 Å². The number of aliphatic hydroxyl groups is 3. The predicted molar refractivity (Wildman–Crippen MR) is 217 cm³/mol. The molecule has 0 saturated heterocycles. The van der Waals surface area contributed by atoms with E-state index in [4.69, 9.17) is 15.9 Å².